The maximum Gasteiger partial charge on any atom is 0.328 e. The van der Waals surface area contributed by atoms with Crippen molar-refractivity contribution in [2.45, 2.75) is 38.8 Å². The monoisotopic (exact) mass is 412 g/mol. The van der Waals surface area contributed by atoms with Crippen LogP contribution in [0.15, 0.2) is 24.3 Å². The third-order valence-electron chi connectivity index (χ3n) is 6.28. The fraction of sp³-hybridized carbons (Fsp3) is 0.500. The first-order chi connectivity index (χ1) is 14.3. The average molecular weight is 412 g/mol. The molecule has 2 aromatic rings. The van der Waals surface area contributed by atoms with E-state index in [2.05, 4.69) is 10.3 Å². The van der Waals surface area contributed by atoms with E-state index < -0.39 is 17.6 Å². The van der Waals surface area contributed by atoms with Gasteiger partial charge in [-0.2, -0.15) is 0 Å². The minimum atomic E-state index is -1.15. The predicted octanol–water partition coefficient (Wildman–Crippen LogP) is 1.99. The zero-order valence-corrected chi connectivity index (χ0v) is 17.8. The minimum Gasteiger partial charge on any atom is -0.383 e. The molecule has 1 fully saturated rings. The van der Waals surface area contributed by atoms with E-state index in [1.54, 1.807) is 18.9 Å². The van der Waals surface area contributed by atoms with Crippen molar-refractivity contribution in [3.05, 3.63) is 35.5 Å². The van der Waals surface area contributed by atoms with Crippen molar-refractivity contribution in [2.75, 3.05) is 26.8 Å². The second-order valence-corrected chi connectivity index (χ2v) is 8.43. The van der Waals surface area contributed by atoms with E-state index in [1.165, 1.54) is 0 Å². The summed E-state index contributed by atoms with van der Waals surface area (Å²) in [5.74, 6) is -0.933. The van der Waals surface area contributed by atoms with Crippen LogP contribution in [0.3, 0.4) is 0 Å². The molecular weight excluding hydrogens is 384 g/mol. The molecular formula is C22H28N4O4. The van der Waals surface area contributed by atoms with Gasteiger partial charge < -0.3 is 19.9 Å². The largest absolute Gasteiger partial charge is 0.383 e. The lowest BCUT2D eigenvalue weighted by atomic mass is 9.86. The smallest absolute Gasteiger partial charge is 0.328 e. The van der Waals surface area contributed by atoms with Crippen molar-refractivity contribution >= 4 is 28.7 Å². The summed E-state index contributed by atoms with van der Waals surface area (Å²) in [6, 6.07) is 6.63. The van der Waals surface area contributed by atoms with Crippen molar-refractivity contribution in [3.63, 3.8) is 0 Å². The first-order valence-electron chi connectivity index (χ1n) is 10.3. The van der Waals surface area contributed by atoms with Gasteiger partial charge in [-0.05, 0) is 30.9 Å². The molecule has 2 atom stereocenters. The van der Waals surface area contributed by atoms with Gasteiger partial charge in [-0.25, -0.2) is 9.69 Å². The Morgan fingerprint density at radius 1 is 1.30 bits per heavy atom. The number of ether oxygens (including phenoxy) is 1. The molecule has 160 valence electrons. The van der Waals surface area contributed by atoms with Crippen molar-refractivity contribution in [2.24, 2.45) is 5.92 Å². The molecule has 2 aliphatic rings. The van der Waals surface area contributed by atoms with E-state index >= 15 is 0 Å². The normalized spacial score (nSPS) is 21.9. The number of nitrogens with zero attached hydrogens (tertiary/aromatic N) is 2. The molecule has 1 saturated heterocycles. The Hall–Kier alpha value is -2.87. The number of hydrogen-bond donors (Lipinski definition) is 2. The van der Waals surface area contributed by atoms with E-state index in [4.69, 9.17) is 4.74 Å². The molecule has 2 N–H and O–H groups in total. The van der Waals surface area contributed by atoms with Crippen LogP contribution in [-0.4, -0.2) is 65.5 Å². The average Bonchev–Trinajstić information content (AvgIpc) is 3.18. The maximum atomic E-state index is 13.7. The highest BCUT2D eigenvalue weighted by Gasteiger charge is 2.61. The highest BCUT2D eigenvalue weighted by atomic mass is 16.5. The number of rotatable bonds is 6. The number of hydrogen-bond acceptors (Lipinski definition) is 4. The summed E-state index contributed by atoms with van der Waals surface area (Å²) in [7, 11) is 1.55. The number of H-pyrrole nitrogens is 1. The van der Waals surface area contributed by atoms with Gasteiger partial charge in [0.2, 0.25) is 5.91 Å². The fourth-order valence-electron chi connectivity index (χ4n) is 4.76. The van der Waals surface area contributed by atoms with Crippen LogP contribution in [0.4, 0.5) is 4.79 Å². The molecule has 4 amide bonds. The van der Waals surface area contributed by atoms with Gasteiger partial charge in [0, 0.05) is 31.1 Å². The number of benzene rings is 1. The molecule has 3 heterocycles. The van der Waals surface area contributed by atoms with E-state index in [0.717, 1.165) is 27.1 Å². The summed E-state index contributed by atoms with van der Waals surface area (Å²) in [6.07, 6.45) is 0.661. The van der Waals surface area contributed by atoms with Crippen molar-refractivity contribution in [3.8, 4) is 0 Å². The number of carbonyl (C=O) groups excluding carboxylic acids is 3. The van der Waals surface area contributed by atoms with E-state index in [-0.39, 0.29) is 17.7 Å². The van der Waals surface area contributed by atoms with E-state index in [1.807, 2.05) is 38.1 Å². The van der Waals surface area contributed by atoms with Crippen LogP contribution >= 0.6 is 0 Å². The zero-order valence-electron chi connectivity index (χ0n) is 17.8. The SMILES string of the molecule is COCCNC(=O)C(C(C)C)N1C(=O)N2CCc3c([nH]c4ccccc34)C2(C)C1=O. The first-order valence-corrected chi connectivity index (χ1v) is 10.3. The van der Waals surface area contributed by atoms with Crippen LogP contribution in [-0.2, 0) is 26.3 Å². The Morgan fingerprint density at radius 2 is 2.03 bits per heavy atom. The lowest BCUT2D eigenvalue weighted by molar-refractivity contribution is -0.140. The van der Waals surface area contributed by atoms with Gasteiger partial charge in [-0.15, -0.1) is 0 Å². The summed E-state index contributed by atoms with van der Waals surface area (Å²) < 4.78 is 4.99. The molecule has 1 aromatic heterocycles. The van der Waals surface area contributed by atoms with Gasteiger partial charge in [-0.1, -0.05) is 32.0 Å². The van der Waals surface area contributed by atoms with Gasteiger partial charge in [0.05, 0.1) is 12.3 Å². The number of aromatic amines is 1. The minimum absolute atomic E-state index is 0.229. The topological polar surface area (TPSA) is 94.7 Å². The number of carbonyl (C=O) groups is 3. The molecule has 0 radical (unpaired) electrons. The van der Waals surface area contributed by atoms with Gasteiger partial charge in [0.15, 0.2) is 5.54 Å². The predicted molar refractivity (Wildman–Crippen MR) is 112 cm³/mol. The molecule has 30 heavy (non-hydrogen) atoms. The lowest BCUT2D eigenvalue weighted by Gasteiger charge is -2.36. The molecule has 8 heteroatoms. The number of nitrogens with one attached hydrogen (secondary N) is 2. The van der Waals surface area contributed by atoms with Gasteiger partial charge >= 0.3 is 6.03 Å². The second kappa shape index (κ2) is 7.43. The van der Waals surface area contributed by atoms with Crippen molar-refractivity contribution in [1.82, 2.24) is 20.1 Å². The Bertz CT molecular complexity index is 1010. The highest BCUT2D eigenvalue weighted by Crippen LogP contribution is 2.45. The highest BCUT2D eigenvalue weighted by molar-refractivity contribution is 6.11. The van der Waals surface area contributed by atoms with Crippen LogP contribution in [0.2, 0.25) is 0 Å². The molecule has 0 bridgehead atoms. The van der Waals surface area contributed by atoms with Crippen LogP contribution in [0.5, 0.6) is 0 Å². The summed E-state index contributed by atoms with van der Waals surface area (Å²) in [4.78, 5) is 46.1. The summed E-state index contributed by atoms with van der Waals surface area (Å²) in [6.45, 7) is 6.58. The number of urea groups is 1. The lowest BCUT2D eigenvalue weighted by Crippen LogP contribution is -2.53. The Kier molecular flexibility index (Phi) is 5.05. The number of imide groups is 1. The van der Waals surface area contributed by atoms with Crippen LogP contribution < -0.4 is 5.32 Å². The third-order valence-corrected chi connectivity index (χ3v) is 6.28. The summed E-state index contributed by atoms with van der Waals surface area (Å²) in [5, 5.41) is 3.86. The van der Waals surface area contributed by atoms with Gasteiger partial charge in [-0.3, -0.25) is 9.59 Å². The summed E-state index contributed by atoms with van der Waals surface area (Å²) in [5.41, 5.74) is 1.61. The molecule has 4 rings (SSSR count). The molecule has 8 nitrogen and oxygen atoms in total. The van der Waals surface area contributed by atoms with E-state index in [9.17, 15) is 14.4 Å². The number of fused-ring (bicyclic) bond motifs is 5. The quantitative estimate of drug-likeness (QED) is 0.560. The molecule has 2 aliphatic heterocycles. The van der Waals surface area contributed by atoms with Gasteiger partial charge in [0.1, 0.15) is 6.04 Å². The second-order valence-electron chi connectivity index (χ2n) is 8.43. The van der Waals surface area contributed by atoms with Crippen molar-refractivity contribution in [1.29, 1.82) is 0 Å². The van der Waals surface area contributed by atoms with Crippen molar-refractivity contribution < 1.29 is 19.1 Å². The van der Waals surface area contributed by atoms with Gasteiger partial charge in [0.25, 0.3) is 5.91 Å². The number of methoxy groups -OCH3 is 1. The molecule has 0 spiro atoms. The molecule has 1 aromatic carbocycles. The zero-order chi connectivity index (χ0) is 21.6. The Labute approximate surface area is 175 Å². The number of para-hydroxylation sites is 1. The number of amides is 4. The Balaban J connectivity index is 1.74. The van der Waals surface area contributed by atoms with Crippen LogP contribution in [0, 0.1) is 5.92 Å². The first kappa shape index (κ1) is 20.4. The van der Waals surface area contributed by atoms with Crippen LogP contribution in [0.1, 0.15) is 32.0 Å². The molecule has 0 aliphatic carbocycles. The summed E-state index contributed by atoms with van der Waals surface area (Å²) >= 11 is 0. The standard InChI is InChI=1S/C22H28N4O4/c1-13(2)17(19(27)23-10-12-30-4)26-20(28)22(3)18-15(9-11-25(22)21(26)29)14-7-5-6-8-16(14)24-18/h5-8,13,17,24H,9-12H2,1-4H3,(H,23,27). The third kappa shape index (κ3) is 2.81. The molecule has 2 unspecified atom stereocenters. The maximum absolute atomic E-state index is 13.7. The number of aromatic nitrogens is 1. The van der Waals surface area contributed by atoms with Crippen LogP contribution in [0.25, 0.3) is 10.9 Å². The fourth-order valence-corrected chi connectivity index (χ4v) is 4.76. The molecule has 0 saturated carbocycles. The van der Waals surface area contributed by atoms with E-state index in [0.29, 0.717) is 26.1 Å². The Morgan fingerprint density at radius 3 is 2.73 bits per heavy atom.